The molecule has 2 aromatic carbocycles. The Balaban J connectivity index is 1.65. The quantitative estimate of drug-likeness (QED) is 0.718. The van der Waals surface area contributed by atoms with E-state index in [-0.39, 0.29) is 11.7 Å². The van der Waals surface area contributed by atoms with Gasteiger partial charge in [0.25, 0.3) is 0 Å². The number of carbonyl (C=O) groups is 1. The number of carbonyl (C=O) groups excluding carboxylic acids is 1. The minimum absolute atomic E-state index is 0.212. The van der Waals surface area contributed by atoms with Crippen molar-refractivity contribution in [1.82, 2.24) is 4.98 Å². The number of anilines is 2. The Labute approximate surface area is 169 Å². The van der Waals surface area contributed by atoms with Crippen LogP contribution < -0.4 is 10.2 Å². The molecule has 1 N–H and O–H groups in total. The summed E-state index contributed by atoms with van der Waals surface area (Å²) >= 11 is 0. The number of pyridine rings is 1. The highest BCUT2D eigenvalue weighted by Crippen LogP contribution is 2.30. The van der Waals surface area contributed by atoms with Crippen LogP contribution in [0.15, 0.2) is 72.9 Å². The number of rotatable bonds is 5. The first-order valence-electron chi connectivity index (χ1n) is 9.61. The van der Waals surface area contributed by atoms with Crippen LogP contribution in [0.5, 0.6) is 0 Å². The normalized spacial score (nSPS) is 15.0. The molecule has 1 unspecified atom stereocenters. The Hall–Kier alpha value is -3.25. The van der Waals surface area contributed by atoms with Gasteiger partial charge in [0, 0.05) is 19.3 Å². The maximum absolute atomic E-state index is 13.4. The SMILES string of the molecule is O=C(Nc1ccccc1N1CCOCC1)C(c1ccc(F)cc1)c1ccccn1. The monoisotopic (exact) mass is 391 g/mol. The Bertz CT molecular complexity index is 957. The zero-order chi connectivity index (χ0) is 20.1. The van der Waals surface area contributed by atoms with E-state index >= 15 is 0 Å². The van der Waals surface area contributed by atoms with E-state index in [0.717, 1.165) is 24.5 Å². The molecule has 1 saturated heterocycles. The first-order chi connectivity index (χ1) is 14.2. The summed E-state index contributed by atoms with van der Waals surface area (Å²) in [6, 6.07) is 19.2. The van der Waals surface area contributed by atoms with Gasteiger partial charge in [0.05, 0.1) is 30.3 Å². The lowest BCUT2D eigenvalue weighted by molar-refractivity contribution is -0.116. The van der Waals surface area contributed by atoms with E-state index in [4.69, 9.17) is 4.74 Å². The smallest absolute Gasteiger partial charge is 0.238 e. The number of halogens is 1. The van der Waals surface area contributed by atoms with Crippen LogP contribution in [0.3, 0.4) is 0 Å². The molecular weight excluding hydrogens is 369 g/mol. The second kappa shape index (κ2) is 8.84. The first kappa shape index (κ1) is 19.1. The van der Waals surface area contributed by atoms with Gasteiger partial charge in [-0.1, -0.05) is 30.3 Å². The number of aromatic nitrogens is 1. The molecule has 2 heterocycles. The number of ether oxygens (including phenoxy) is 1. The van der Waals surface area contributed by atoms with E-state index in [9.17, 15) is 9.18 Å². The number of benzene rings is 2. The van der Waals surface area contributed by atoms with Gasteiger partial charge in [-0.25, -0.2) is 4.39 Å². The number of hydrogen-bond acceptors (Lipinski definition) is 4. The van der Waals surface area contributed by atoms with E-state index in [2.05, 4.69) is 15.2 Å². The third-order valence-electron chi connectivity index (χ3n) is 4.96. The predicted molar refractivity (Wildman–Crippen MR) is 111 cm³/mol. The average molecular weight is 391 g/mol. The van der Waals surface area contributed by atoms with E-state index in [1.165, 1.54) is 12.1 Å². The molecule has 1 aliphatic heterocycles. The van der Waals surface area contributed by atoms with Crippen molar-refractivity contribution in [1.29, 1.82) is 0 Å². The summed E-state index contributed by atoms with van der Waals surface area (Å²) in [5.41, 5.74) is 3.00. The van der Waals surface area contributed by atoms with Gasteiger partial charge < -0.3 is 15.0 Å². The van der Waals surface area contributed by atoms with E-state index in [1.54, 1.807) is 24.4 Å². The van der Waals surface area contributed by atoms with E-state index in [0.29, 0.717) is 24.5 Å². The van der Waals surface area contributed by atoms with Crippen molar-refractivity contribution in [3.05, 3.63) is 90.0 Å². The molecule has 0 spiro atoms. The highest BCUT2D eigenvalue weighted by atomic mass is 19.1. The maximum Gasteiger partial charge on any atom is 0.238 e. The van der Waals surface area contributed by atoms with E-state index < -0.39 is 5.92 Å². The Morgan fingerprint density at radius 1 is 1.00 bits per heavy atom. The van der Waals surface area contributed by atoms with Crippen molar-refractivity contribution < 1.29 is 13.9 Å². The molecule has 5 nitrogen and oxygen atoms in total. The van der Waals surface area contributed by atoms with Crippen LogP contribution in [0.1, 0.15) is 17.2 Å². The molecule has 3 aromatic rings. The van der Waals surface area contributed by atoms with Gasteiger partial charge >= 0.3 is 0 Å². The van der Waals surface area contributed by atoms with Crippen molar-refractivity contribution in [2.45, 2.75) is 5.92 Å². The van der Waals surface area contributed by atoms with Gasteiger partial charge in [-0.15, -0.1) is 0 Å². The third kappa shape index (κ3) is 4.43. The third-order valence-corrected chi connectivity index (χ3v) is 4.96. The lowest BCUT2D eigenvalue weighted by Gasteiger charge is -2.30. The molecule has 0 aliphatic carbocycles. The van der Waals surface area contributed by atoms with Crippen LogP contribution in [-0.4, -0.2) is 37.2 Å². The molecule has 1 aliphatic rings. The standard InChI is InChI=1S/C23H22FN3O2/c24-18-10-8-17(9-11-18)22(20-6-3-4-12-25-20)23(28)26-19-5-1-2-7-21(19)27-13-15-29-16-14-27/h1-12,22H,13-16H2,(H,26,28). The maximum atomic E-state index is 13.4. The van der Waals surface area contributed by atoms with Crippen molar-refractivity contribution in [3.63, 3.8) is 0 Å². The molecule has 0 saturated carbocycles. The van der Waals surface area contributed by atoms with Crippen LogP contribution in [0.4, 0.5) is 15.8 Å². The summed E-state index contributed by atoms with van der Waals surface area (Å²) < 4.78 is 18.9. The minimum Gasteiger partial charge on any atom is -0.378 e. The number of nitrogens with one attached hydrogen (secondary N) is 1. The summed E-state index contributed by atoms with van der Waals surface area (Å²) in [5, 5.41) is 3.06. The second-order valence-corrected chi connectivity index (χ2v) is 6.84. The average Bonchev–Trinajstić information content (AvgIpc) is 2.77. The van der Waals surface area contributed by atoms with E-state index in [1.807, 2.05) is 36.4 Å². The fourth-order valence-corrected chi connectivity index (χ4v) is 3.52. The molecule has 4 rings (SSSR count). The summed E-state index contributed by atoms with van der Waals surface area (Å²) in [5.74, 6) is -1.20. The molecule has 148 valence electrons. The minimum atomic E-state index is -0.644. The summed E-state index contributed by atoms with van der Waals surface area (Å²) in [6.07, 6.45) is 1.65. The summed E-state index contributed by atoms with van der Waals surface area (Å²) in [6.45, 7) is 2.87. The number of hydrogen-bond donors (Lipinski definition) is 1. The zero-order valence-electron chi connectivity index (χ0n) is 15.9. The molecule has 6 heteroatoms. The number of morpholine rings is 1. The Morgan fingerprint density at radius 3 is 2.45 bits per heavy atom. The molecular formula is C23H22FN3O2. The van der Waals surface area contributed by atoms with Crippen LogP contribution >= 0.6 is 0 Å². The van der Waals surface area contributed by atoms with Gasteiger partial charge in [0.1, 0.15) is 11.7 Å². The molecule has 29 heavy (non-hydrogen) atoms. The van der Waals surface area contributed by atoms with Crippen molar-refractivity contribution in [2.75, 3.05) is 36.5 Å². The van der Waals surface area contributed by atoms with Crippen LogP contribution in [0.25, 0.3) is 0 Å². The lowest BCUT2D eigenvalue weighted by atomic mass is 9.94. The first-order valence-corrected chi connectivity index (χ1v) is 9.61. The van der Waals surface area contributed by atoms with Gasteiger partial charge in [-0.05, 0) is 42.0 Å². The highest BCUT2D eigenvalue weighted by molar-refractivity contribution is 6.00. The van der Waals surface area contributed by atoms with Crippen molar-refractivity contribution in [3.8, 4) is 0 Å². The molecule has 1 fully saturated rings. The number of para-hydroxylation sites is 2. The highest BCUT2D eigenvalue weighted by Gasteiger charge is 2.25. The van der Waals surface area contributed by atoms with Gasteiger partial charge in [0.15, 0.2) is 0 Å². The summed E-state index contributed by atoms with van der Waals surface area (Å²) in [7, 11) is 0. The summed E-state index contributed by atoms with van der Waals surface area (Å²) in [4.78, 5) is 19.9. The molecule has 1 aromatic heterocycles. The Morgan fingerprint density at radius 2 is 1.72 bits per heavy atom. The zero-order valence-corrected chi connectivity index (χ0v) is 15.9. The Kier molecular flexibility index (Phi) is 5.81. The molecule has 1 amide bonds. The molecule has 0 bridgehead atoms. The largest absolute Gasteiger partial charge is 0.378 e. The topological polar surface area (TPSA) is 54.5 Å². The van der Waals surface area contributed by atoms with Crippen molar-refractivity contribution in [2.24, 2.45) is 0 Å². The fraction of sp³-hybridized carbons (Fsp3) is 0.217. The fourth-order valence-electron chi connectivity index (χ4n) is 3.52. The molecule has 0 radical (unpaired) electrons. The van der Waals surface area contributed by atoms with Crippen LogP contribution in [-0.2, 0) is 9.53 Å². The molecule has 1 atom stereocenters. The van der Waals surface area contributed by atoms with Gasteiger partial charge in [-0.2, -0.15) is 0 Å². The van der Waals surface area contributed by atoms with Gasteiger partial charge in [-0.3, -0.25) is 9.78 Å². The lowest BCUT2D eigenvalue weighted by Crippen LogP contribution is -2.37. The van der Waals surface area contributed by atoms with Crippen LogP contribution in [0, 0.1) is 5.82 Å². The predicted octanol–water partition coefficient (Wildman–Crippen LogP) is 3.83. The van der Waals surface area contributed by atoms with Crippen LogP contribution in [0.2, 0.25) is 0 Å². The number of nitrogens with zero attached hydrogens (tertiary/aromatic N) is 2. The van der Waals surface area contributed by atoms with Gasteiger partial charge in [0.2, 0.25) is 5.91 Å². The second-order valence-electron chi connectivity index (χ2n) is 6.84. The van der Waals surface area contributed by atoms with Crippen molar-refractivity contribution >= 4 is 17.3 Å². The number of amides is 1.